The third kappa shape index (κ3) is 3.05. The van der Waals surface area contributed by atoms with Gasteiger partial charge in [0.15, 0.2) is 5.76 Å². The quantitative estimate of drug-likeness (QED) is 0.626. The SMILES string of the molecule is CC(=O)[C@H]1CC[C@H]2[C@@H]3CCC4=CC(=O)C(OC(=O)C(C)C)=C[C@]4(C)[C@H]3CC[C@]12C. The highest BCUT2D eigenvalue weighted by Crippen LogP contribution is 2.66. The maximum atomic E-state index is 12.6. The Morgan fingerprint density at radius 3 is 2.48 bits per heavy atom. The first-order valence-electron chi connectivity index (χ1n) is 11.3. The number of allylic oxidation sites excluding steroid dienone is 3. The molecule has 0 amide bonds. The molecule has 29 heavy (non-hydrogen) atoms. The number of hydrogen-bond acceptors (Lipinski definition) is 4. The molecule has 4 rings (SSSR count). The van der Waals surface area contributed by atoms with Crippen molar-refractivity contribution in [3.63, 3.8) is 0 Å². The molecule has 3 saturated carbocycles. The van der Waals surface area contributed by atoms with Crippen LogP contribution in [-0.4, -0.2) is 17.5 Å². The van der Waals surface area contributed by atoms with E-state index in [9.17, 15) is 14.4 Å². The molecule has 4 aliphatic carbocycles. The van der Waals surface area contributed by atoms with Gasteiger partial charge in [-0.1, -0.05) is 33.3 Å². The van der Waals surface area contributed by atoms with Gasteiger partial charge in [0.25, 0.3) is 0 Å². The number of carbonyl (C=O) groups is 3. The van der Waals surface area contributed by atoms with E-state index in [2.05, 4.69) is 13.8 Å². The Morgan fingerprint density at radius 2 is 1.83 bits per heavy atom. The van der Waals surface area contributed by atoms with Gasteiger partial charge in [0.2, 0.25) is 5.78 Å². The van der Waals surface area contributed by atoms with Crippen LogP contribution in [0.5, 0.6) is 0 Å². The minimum atomic E-state index is -0.353. The highest BCUT2D eigenvalue weighted by molar-refractivity contribution is 6.05. The van der Waals surface area contributed by atoms with Gasteiger partial charge >= 0.3 is 5.97 Å². The molecule has 0 bridgehead atoms. The summed E-state index contributed by atoms with van der Waals surface area (Å²) in [7, 11) is 0. The Bertz CT molecular complexity index is 819. The zero-order chi connectivity index (χ0) is 21.1. The highest BCUT2D eigenvalue weighted by atomic mass is 16.5. The first-order chi connectivity index (χ1) is 13.6. The lowest BCUT2D eigenvalue weighted by molar-refractivity contribution is -0.145. The second-order valence-electron chi connectivity index (χ2n) is 10.6. The molecule has 0 aromatic rings. The maximum absolute atomic E-state index is 12.6. The van der Waals surface area contributed by atoms with E-state index in [1.165, 1.54) is 5.57 Å². The molecule has 3 fully saturated rings. The Kier molecular flexibility index (Phi) is 4.91. The van der Waals surface area contributed by atoms with Crippen molar-refractivity contribution in [2.45, 2.75) is 73.1 Å². The Morgan fingerprint density at radius 1 is 1.10 bits per heavy atom. The lowest BCUT2D eigenvalue weighted by Crippen LogP contribution is -2.50. The van der Waals surface area contributed by atoms with Gasteiger partial charge in [-0.3, -0.25) is 14.4 Å². The summed E-state index contributed by atoms with van der Waals surface area (Å²) in [5, 5.41) is 0. The van der Waals surface area contributed by atoms with Gasteiger partial charge in [-0.25, -0.2) is 0 Å². The summed E-state index contributed by atoms with van der Waals surface area (Å²) in [6.07, 6.45) is 9.99. The fourth-order valence-electron chi connectivity index (χ4n) is 7.24. The van der Waals surface area contributed by atoms with Crippen molar-refractivity contribution in [2.24, 2.45) is 40.4 Å². The van der Waals surface area contributed by atoms with Crippen LogP contribution in [0.1, 0.15) is 73.1 Å². The van der Waals surface area contributed by atoms with E-state index in [4.69, 9.17) is 4.74 Å². The molecule has 0 spiro atoms. The predicted octanol–water partition coefficient (Wildman–Crippen LogP) is 5.03. The minimum absolute atomic E-state index is 0.117. The molecule has 0 heterocycles. The smallest absolute Gasteiger partial charge is 0.313 e. The number of hydrogen-bond donors (Lipinski definition) is 0. The Labute approximate surface area is 174 Å². The molecule has 0 aromatic heterocycles. The summed E-state index contributed by atoms with van der Waals surface area (Å²) in [5.74, 6) is 1.53. The molecule has 0 unspecified atom stereocenters. The predicted molar refractivity (Wildman–Crippen MR) is 111 cm³/mol. The van der Waals surface area contributed by atoms with E-state index in [-0.39, 0.29) is 40.2 Å². The molecule has 4 nitrogen and oxygen atoms in total. The van der Waals surface area contributed by atoms with Crippen LogP contribution in [-0.2, 0) is 19.1 Å². The van der Waals surface area contributed by atoms with Crippen LogP contribution in [0.4, 0.5) is 0 Å². The van der Waals surface area contributed by atoms with E-state index >= 15 is 0 Å². The van der Waals surface area contributed by atoms with Gasteiger partial charge < -0.3 is 4.74 Å². The van der Waals surface area contributed by atoms with Crippen LogP contribution in [0, 0.1) is 40.4 Å². The summed E-state index contributed by atoms with van der Waals surface area (Å²) in [5.41, 5.74) is 1.07. The average Bonchev–Trinajstić information content (AvgIpc) is 3.00. The van der Waals surface area contributed by atoms with E-state index in [0.717, 1.165) is 38.5 Å². The Hall–Kier alpha value is -1.71. The van der Waals surface area contributed by atoms with Crippen LogP contribution in [0.3, 0.4) is 0 Å². The molecule has 0 aliphatic heterocycles. The fraction of sp³-hybridized carbons (Fsp3) is 0.720. The fourth-order valence-corrected chi connectivity index (χ4v) is 7.24. The first-order valence-corrected chi connectivity index (χ1v) is 11.3. The number of fused-ring (bicyclic) bond motifs is 5. The van der Waals surface area contributed by atoms with Gasteiger partial charge in [0, 0.05) is 11.3 Å². The van der Waals surface area contributed by atoms with Gasteiger partial charge in [-0.15, -0.1) is 0 Å². The van der Waals surface area contributed by atoms with Crippen molar-refractivity contribution >= 4 is 17.5 Å². The molecule has 0 aromatic carbocycles. The maximum Gasteiger partial charge on any atom is 0.313 e. The zero-order valence-electron chi connectivity index (χ0n) is 18.4. The summed E-state index contributed by atoms with van der Waals surface area (Å²) >= 11 is 0. The molecule has 4 heteroatoms. The number of ether oxygens (including phenoxy) is 1. The van der Waals surface area contributed by atoms with Crippen molar-refractivity contribution < 1.29 is 19.1 Å². The molecular weight excluding hydrogens is 364 g/mol. The van der Waals surface area contributed by atoms with Crippen molar-refractivity contribution in [1.29, 1.82) is 0 Å². The second kappa shape index (κ2) is 6.92. The number of rotatable bonds is 3. The summed E-state index contributed by atoms with van der Waals surface area (Å²) in [4.78, 5) is 37.0. The molecule has 0 saturated heterocycles. The van der Waals surface area contributed by atoms with Gasteiger partial charge in [-0.2, -0.15) is 0 Å². The van der Waals surface area contributed by atoms with Gasteiger partial charge in [0.05, 0.1) is 5.92 Å². The topological polar surface area (TPSA) is 60.4 Å². The van der Waals surface area contributed by atoms with Crippen LogP contribution in [0.25, 0.3) is 0 Å². The average molecular weight is 399 g/mol. The van der Waals surface area contributed by atoms with E-state index in [0.29, 0.717) is 23.5 Å². The summed E-state index contributed by atoms with van der Waals surface area (Å²) < 4.78 is 5.50. The van der Waals surface area contributed by atoms with Crippen molar-refractivity contribution in [2.75, 3.05) is 0 Å². The van der Waals surface area contributed by atoms with E-state index in [1.807, 2.05) is 6.08 Å². The molecule has 4 aliphatic rings. The minimum Gasteiger partial charge on any atom is -0.422 e. The molecular formula is C25H34O4. The standard InChI is InChI=1S/C25H34O4/c1-14(2)23(28)29-22-13-25(5)16(12-21(22)27)6-7-17-19-9-8-18(15(3)26)24(19,4)11-10-20(17)25/h12-14,17-20H,6-11H2,1-5H3/t17-,18+,19-,20-,24+,25-/m0/s1. The zero-order valence-corrected chi connectivity index (χ0v) is 18.4. The first kappa shape index (κ1) is 20.6. The number of carbonyl (C=O) groups excluding carboxylic acids is 3. The second-order valence-corrected chi connectivity index (χ2v) is 10.6. The highest BCUT2D eigenvalue weighted by Gasteiger charge is 2.59. The lowest BCUT2D eigenvalue weighted by atomic mass is 9.47. The summed E-state index contributed by atoms with van der Waals surface area (Å²) in [6, 6.07) is 0. The van der Waals surface area contributed by atoms with Crippen molar-refractivity contribution in [3.8, 4) is 0 Å². The molecule has 158 valence electrons. The van der Waals surface area contributed by atoms with E-state index in [1.54, 1.807) is 26.8 Å². The number of Topliss-reactive ketones (excluding diaryl/α,β-unsaturated/α-hetero) is 1. The number of ketones is 2. The lowest BCUT2D eigenvalue weighted by Gasteiger charge is -2.57. The van der Waals surface area contributed by atoms with Crippen LogP contribution >= 0.6 is 0 Å². The van der Waals surface area contributed by atoms with Crippen molar-refractivity contribution in [1.82, 2.24) is 0 Å². The molecule has 6 atom stereocenters. The van der Waals surface area contributed by atoms with Crippen LogP contribution < -0.4 is 0 Å². The third-order valence-corrected chi connectivity index (χ3v) is 8.80. The monoisotopic (exact) mass is 398 g/mol. The van der Waals surface area contributed by atoms with Crippen LogP contribution in [0.15, 0.2) is 23.5 Å². The van der Waals surface area contributed by atoms with Crippen molar-refractivity contribution in [3.05, 3.63) is 23.5 Å². The number of esters is 1. The molecule has 0 radical (unpaired) electrons. The van der Waals surface area contributed by atoms with E-state index < -0.39 is 0 Å². The Balaban J connectivity index is 1.66. The summed E-state index contributed by atoms with van der Waals surface area (Å²) in [6.45, 7) is 9.90. The van der Waals surface area contributed by atoms with Gasteiger partial charge in [-0.05, 0) is 80.8 Å². The normalized spacial score (nSPS) is 41.1. The van der Waals surface area contributed by atoms with Crippen LogP contribution in [0.2, 0.25) is 0 Å². The molecule has 0 N–H and O–H groups in total. The third-order valence-electron chi connectivity index (χ3n) is 8.80. The van der Waals surface area contributed by atoms with Gasteiger partial charge in [0.1, 0.15) is 5.78 Å². The largest absolute Gasteiger partial charge is 0.422 e.